The number of fused-ring (bicyclic) bond motifs is 2. The second kappa shape index (κ2) is 7.15. The van der Waals surface area contributed by atoms with Crippen LogP contribution in [0.25, 0.3) is 0 Å². The summed E-state index contributed by atoms with van der Waals surface area (Å²) in [5.41, 5.74) is 1.71. The highest BCUT2D eigenvalue weighted by atomic mass is 16.6. The monoisotopic (exact) mass is 355 g/mol. The number of nitro groups is 1. The fourth-order valence-electron chi connectivity index (χ4n) is 4.82. The molecule has 2 aromatic carbocycles. The molecule has 26 heavy (non-hydrogen) atoms. The van der Waals surface area contributed by atoms with Crippen LogP contribution in [0.4, 0.5) is 0 Å². The van der Waals surface area contributed by atoms with Gasteiger partial charge in [-0.05, 0) is 0 Å². The first-order chi connectivity index (χ1) is 12.6. The predicted molar refractivity (Wildman–Crippen MR) is 97.2 cm³/mol. The highest BCUT2D eigenvalue weighted by Gasteiger charge is 2.61. The molecule has 0 saturated carbocycles. The van der Waals surface area contributed by atoms with Crippen molar-refractivity contribution in [3.8, 4) is 0 Å². The predicted octanol–water partition coefficient (Wildman–Crippen LogP) is -2.00. The molecule has 3 N–H and O–H groups in total. The number of rotatable bonds is 5. The maximum absolute atomic E-state index is 12.0. The summed E-state index contributed by atoms with van der Waals surface area (Å²) in [5, 5.41) is 12.0. The summed E-state index contributed by atoms with van der Waals surface area (Å²) >= 11 is 0. The zero-order chi connectivity index (χ0) is 18.0. The maximum atomic E-state index is 12.0. The van der Waals surface area contributed by atoms with E-state index in [0.717, 1.165) is 26.4 Å². The van der Waals surface area contributed by atoms with E-state index < -0.39 is 5.54 Å². The van der Waals surface area contributed by atoms with E-state index in [1.807, 2.05) is 36.4 Å². The van der Waals surface area contributed by atoms with E-state index in [4.69, 9.17) is 0 Å². The largest absolute Gasteiger partial charge is 0.364 e. The van der Waals surface area contributed by atoms with Crippen molar-refractivity contribution in [2.24, 2.45) is 0 Å². The molecule has 0 spiro atoms. The molecule has 6 nitrogen and oxygen atoms in total. The molecular formula is C20H27N4O2+3. The van der Waals surface area contributed by atoms with Crippen LogP contribution in [0, 0.1) is 10.1 Å². The first-order valence-corrected chi connectivity index (χ1v) is 9.36. The van der Waals surface area contributed by atoms with Crippen LogP contribution in [0.3, 0.4) is 0 Å². The second-order valence-electron chi connectivity index (χ2n) is 7.94. The number of nitrogens with zero attached hydrogens (tertiary/aromatic N) is 1. The van der Waals surface area contributed by atoms with Gasteiger partial charge in [-0.1, -0.05) is 60.7 Å². The average molecular weight is 355 g/mol. The number of quaternary nitrogens is 3. The minimum atomic E-state index is -0.805. The Morgan fingerprint density at radius 1 is 0.808 bits per heavy atom. The van der Waals surface area contributed by atoms with Crippen molar-refractivity contribution in [1.82, 2.24) is 0 Å². The van der Waals surface area contributed by atoms with Gasteiger partial charge in [-0.15, -0.1) is 0 Å². The van der Waals surface area contributed by atoms with E-state index in [0.29, 0.717) is 19.6 Å². The van der Waals surface area contributed by atoms with Crippen molar-refractivity contribution in [1.29, 1.82) is 0 Å². The Hall–Kier alpha value is -2.28. The second-order valence-corrected chi connectivity index (χ2v) is 7.94. The molecule has 136 valence electrons. The molecule has 2 fully saturated rings. The summed E-state index contributed by atoms with van der Waals surface area (Å²) in [6.45, 7) is 5.57. The topological polar surface area (TPSA) is 56.5 Å². The lowest BCUT2D eigenvalue weighted by molar-refractivity contribution is -1.21. The highest BCUT2D eigenvalue weighted by Crippen LogP contribution is 2.07. The molecule has 6 heteroatoms. The molecule has 2 saturated heterocycles. The van der Waals surface area contributed by atoms with Gasteiger partial charge < -0.3 is 0 Å². The van der Waals surface area contributed by atoms with Gasteiger partial charge in [-0.25, -0.2) is 4.90 Å². The zero-order valence-corrected chi connectivity index (χ0v) is 15.0. The third-order valence-corrected chi connectivity index (χ3v) is 5.72. The summed E-state index contributed by atoms with van der Waals surface area (Å²) in [6.07, 6.45) is 0. The first kappa shape index (κ1) is 17.1. The lowest BCUT2D eigenvalue weighted by atomic mass is 9.93. The molecule has 2 aliphatic heterocycles. The molecular weight excluding hydrogens is 328 g/mol. The van der Waals surface area contributed by atoms with Crippen molar-refractivity contribution in [2.45, 2.75) is 18.6 Å². The van der Waals surface area contributed by atoms with E-state index in [-0.39, 0.29) is 4.92 Å². The van der Waals surface area contributed by atoms with Crippen molar-refractivity contribution in [3.63, 3.8) is 0 Å². The standard InChI is InChI=1S/C20H24N4O2/c25-24(26)20-13-21(11-18-7-3-1-4-8-18)16-23(15-20)17-22(14-20)12-19-9-5-2-6-10-19/h1-10H,11-17H2/p+3. The number of nitrogens with one attached hydrogen (secondary N) is 3. The molecule has 2 unspecified atom stereocenters. The molecule has 2 aromatic rings. The molecule has 2 bridgehead atoms. The average Bonchev–Trinajstić information content (AvgIpc) is 2.62. The van der Waals surface area contributed by atoms with Gasteiger partial charge in [0, 0.05) is 16.1 Å². The lowest BCUT2D eigenvalue weighted by Gasteiger charge is -2.42. The summed E-state index contributed by atoms with van der Waals surface area (Å²) in [5.74, 6) is 0. The van der Waals surface area contributed by atoms with Gasteiger partial charge >= 0.3 is 5.54 Å². The Morgan fingerprint density at radius 3 is 1.69 bits per heavy atom. The minimum Gasteiger partial charge on any atom is -0.278 e. The Balaban J connectivity index is 1.49. The first-order valence-electron chi connectivity index (χ1n) is 9.36. The summed E-state index contributed by atoms with van der Waals surface area (Å²) in [7, 11) is 0. The van der Waals surface area contributed by atoms with Crippen molar-refractivity contribution in [3.05, 3.63) is 81.9 Å². The Kier molecular flexibility index (Phi) is 4.72. The van der Waals surface area contributed by atoms with E-state index in [9.17, 15) is 10.1 Å². The number of hydrogen-bond donors (Lipinski definition) is 3. The van der Waals surface area contributed by atoms with Crippen LogP contribution >= 0.6 is 0 Å². The van der Waals surface area contributed by atoms with E-state index >= 15 is 0 Å². The van der Waals surface area contributed by atoms with Crippen LogP contribution in [0.2, 0.25) is 0 Å². The van der Waals surface area contributed by atoms with Gasteiger partial charge in [0.1, 0.15) is 13.1 Å². The molecule has 4 rings (SSSR count). The van der Waals surface area contributed by atoms with Crippen LogP contribution < -0.4 is 14.7 Å². The summed E-state index contributed by atoms with van der Waals surface area (Å²) in [4.78, 5) is 16.1. The Bertz CT molecular complexity index is 699. The van der Waals surface area contributed by atoms with Crippen molar-refractivity contribution >= 4 is 0 Å². The van der Waals surface area contributed by atoms with Crippen LogP contribution in [0.1, 0.15) is 11.1 Å². The molecule has 0 radical (unpaired) electrons. The third-order valence-electron chi connectivity index (χ3n) is 5.72. The Labute approximate surface area is 153 Å². The molecule has 0 aromatic heterocycles. The minimum absolute atomic E-state index is 0.0152. The van der Waals surface area contributed by atoms with E-state index in [1.165, 1.54) is 25.8 Å². The highest BCUT2D eigenvalue weighted by molar-refractivity contribution is 5.14. The van der Waals surface area contributed by atoms with Crippen LogP contribution in [-0.4, -0.2) is 43.4 Å². The van der Waals surface area contributed by atoms with E-state index in [2.05, 4.69) is 24.3 Å². The quantitative estimate of drug-likeness (QED) is 0.429. The summed E-state index contributed by atoms with van der Waals surface area (Å²) in [6, 6.07) is 20.7. The molecule has 2 atom stereocenters. The number of hydrogen-bond acceptors (Lipinski definition) is 2. The maximum Gasteiger partial charge on any atom is 0.364 e. The summed E-state index contributed by atoms with van der Waals surface area (Å²) < 4.78 is 0. The fourth-order valence-corrected chi connectivity index (χ4v) is 4.82. The third kappa shape index (κ3) is 3.62. The van der Waals surface area contributed by atoms with Gasteiger partial charge in [-0.2, -0.15) is 0 Å². The van der Waals surface area contributed by atoms with Gasteiger partial charge in [0.15, 0.2) is 19.6 Å². The SMILES string of the molecule is O=[N+]([O-])C12C[NH+](Cc3ccccc3)C[NH+](C[NH+](Cc3ccccc3)C1)C2. The van der Waals surface area contributed by atoms with E-state index in [1.54, 1.807) is 0 Å². The van der Waals surface area contributed by atoms with Gasteiger partial charge in [0.25, 0.3) is 0 Å². The van der Waals surface area contributed by atoms with Crippen LogP contribution in [-0.2, 0) is 13.1 Å². The van der Waals surface area contributed by atoms with Crippen molar-refractivity contribution < 1.29 is 19.6 Å². The molecule has 0 amide bonds. The van der Waals surface area contributed by atoms with Gasteiger partial charge in [-0.3, -0.25) is 19.9 Å². The number of benzene rings is 2. The van der Waals surface area contributed by atoms with Crippen molar-refractivity contribution in [2.75, 3.05) is 33.0 Å². The van der Waals surface area contributed by atoms with Gasteiger partial charge in [0.2, 0.25) is 13.3 Å². The lowest BCUT2D eigenvalue weighted by Crippen LogP contribution is -3.46. The smallest absolute Gasteiger partial charge is 0.278 e. The zero-order valence-electron chi connectivity index (χ0n) is 15.0. The molecule has 2 heterocycles. The Morgan fingerprint density at radius 2 is 1.27 bits per heavy atom. The fraction of sp³-hybridized carbons (Fsp3) is 0.400. The van der Waals surface area contributed by atoms with Gasteiger partial charge in [0.05, 0.1) is 0 Å². The normalized spacial score (nSPS) is 30.7. The van der Waals surface area contributed by atoms with Crippen LogP contribution in [0.5, 0.6) is 0 Å². The molecule has 0 aliphatic carbocycles. The molecule has 2 aliphatic rings. The van der Waals surface area contributed by atoms with Crippen LogP contribution in [0.15, 0.2) is 60.7 Å².